The van der Waals surface area contributed by atoms with Gasteiger partial charge in [-0.3, -0.25) is 4.79 Å². The van der Waals surface area contributed by atoms with Crippen LogP contribution in [0.2, 0.25) is 0 Å². The zero-order valence-corrected chi connectivity index (χ0v) is 11.3. The summed E-state index contributed by atoms with van der Waals surface area (Å²) in [6.07, 6.45) is 0.0267. The molecule has 0 saturated carbocycles. The first kappa shape index (κ1) is 14.3. The van der Waals surface area contributed by atoms with Crippen LogP contribution < -0.4 is 10.6 Å². The van der Waals surface area contributed by atoms with Gasteiger partial charge < -0.3 is 20.1 Å². The molecule has 20 heavy (non-hydrogen) atoms. The number of amides is 1. The molecule has 1 aliphatic rings. The summed E-state index contributed by atoms with van der Waals surface area (Å²) < 4.78 is 9.77. The molecule has 0 spiro atoms. The first-order valence-corrected chi connectivity index (χ1v) is 6.47. The third kappa shape index (κ3) is 3.96. The second-order valence-corrected chi connectivity index (χ2v) is 4.62. The Hall–Kier alpha value is -2.08. The van der Waals surface area contributed by atoms with Crippen LogP contribution in [0.4, 0.5) is 4.79 Å². The highest BCUT2D eigenvalue weighted by molar-refractivity contribution is 5.76. The molecule has 1 saturated heterocycles. The van der Waals surface area contributed by atoms with Gasteiger partial charge in [-0.15, -0.1) is 0 Å². The molecule has 6 nitrogen and oxygen atoms in total. The van der Waals surface area contributed by atoms with Gasteiger partial charge in [-0.05, 0) is 12.0 Å². The van der Waals surface area contributed by atoms with Gasteiger partial charge in [0.05, 0.1) is 7.11 Å². The normalized spacial score (nSPS) is 21.2. The van der Waals surface area contributed by atoms with Gasteiger partial charge in [-0.25, -0.2) is 4.79 Å². The van der Waals surface area contributed by atoms with Crippen LogP contribution in [0.15, 0.2) is 30.3 Å². The average Bonchev–Trinajstić information content (AvgIpc) is 2.94. The third-order valence-corrected chi connectivity index (χ3v) is 3.15. The van der Waals surface area contributed by atoms with Crippen LogP contribution in [0.5, 0.6) is 0 Å². The molecule has 1 amide bonds. The molecule has 0 bridgehead atoms. The van der Waals surface area contributed by atoms with Crippen molar-refractivity contribution in [2.75, 3.05) is 13.7 Å². The summed E-state index contributed by atoms with van der Waals surface area (Å²) in [6.45, 7) is 0.757. The maximum Gasteiger partial charge on any atom is 0.407 e. The number of esters is 1. The van der Waals surface area contributed by atoms with Crippen LogP contribution in [-0.2, 0) is 20.9 Å². The van der Waals surface area contributed by atoms with Crippen LogP contribution in [0.1, 0.15) is 12.0 Å². The van der Waals surface area contributed by atoms with E-state index in [0.717, 1.165) is 5.56 Å². The van der Waals surface area contributed by atoms with E-state index in [1.165, 1.54) is 7.11 Å². The van der Waals surface area contributed by atoms with Crippen molar-refractivity contribution in [3.8, 4) is 0 Å². The van der Waals surface area contributed by atoms with E-state index in [4.69, 9.17) is 4.74 Å². The molecule has 1 aliphatic heterocycles. The van der Waals surface area contributed by atoms with E-state index in [0.29, 0.717) is 13.0 Å². The van der Waals surface area contributed by atoms with Crippen molar-refractivity contribution in [2.45, 2.75) is 25.1 Å². The summed E-state index contributed by atoms with van der Waals surface area (Å²) >= 11 is 0. The zero-order chi connectivity index (χ0) is 14.4. The van der Waals surface area contributed by atoms with Gasteiger partial charge in [-0.1, -0.05) is 30.3 Å². The summed E-state index contributed by atoms with van der Waals surface area (Å²) in [5.74, 6) is -0.313. The monoisotopic (exact) mass is 278 g/mol. The topological polar surface area (TPSA) is 76.7 Å². The highest BCUT2D eigenvalue weighted by Gasteiger charge is 2.31. The van der Waals surface area contributed by atoms with Crippen molar-refractivity contribution < 1.29 is 19.1 Å². The second kappa shape index (κ2) is 6.91. The van der Waals surface area contributed by atoms with Gasteiger partial charge in [0.15, 0.2) is 0 Å². The molecule has 0 aromatic heterocycles. The first-order chi connectivity index (χ1) is 9.69. The van der Waals surface area contributed by atoms with E-state index in [1.807, 2.05) is 30.3 Å². The molecule has 6 heteroatoms. The molecule has 2 atom stereocenters. The Morgan fingerprint density at radius 2 is 2.10 bits per heavy atom. The van der Waals surface area contributed by atoms with Crippen LogP contribution in [0.3, 0.4) is 0 Å². The Balaban J connectivity index is 1.72. The second-order valence-electron chi connectivity index (χ2n) is 4.62. The SMILES string of the molecule is COC(=O)[C@H]1C[C@@H](NC(=O)OCc2ccccc2)CN1. The van der Waals surface area contributed by atoms with Gasteiger partial charge in [-0.2, -0.15) is 0 Å². The number of carbonyl (C=O) groups is 2. The fourth-order valence-corrected chi connectivity index (χ4v) is 2.10. The lowest BCUT2D eigenvalue weighted by Gasteiger charge is -2.12. The number of hydrogen-bond donors (Lipinski definition) is 2. The van der Waals surface area contributed by atoms with Crippen molar-refractivity contribution in [1.82, 2.24) is 10.6 Å². The molecule has 2 rings (SSSR count). The van der Waals surface area contributed by atoms with Crippen molar-refractivity contribution >= 4 is 12.1 Å². The molecule has 2 N–H and O–H groups in total. The van der Waals surface area contributed by atoms with Crippen molar-refractivity contribution in [2.24, 2.45) is 0 Å². The van der Waals surface area contributed by atoms with Gasteiger partial charge >= 0.3 is 12.1 Å². The number of ether oxygens (including phenoxy) is 2. The van der Waals surface area contributed by atoms with Gasteiger partial charge in [0, 0.05) is 12.6 Å². The largest absolute Gasteiger partial charge is 0.468 e. The Morgan fingerprint density at radius 3 is 2.80 bits per heavy atom. The van der Waals surface area contributed by atoms with Crippen molar-refractivity contribution in [3.05, 3.63) is 35.9 Å². The molecule has 1 heterocycles. The van der Waals surface area contributed by atoms with Crippen LogP contribution in [0, 0.1) is 0 Å². The first-order valence-electron chi connectivity index (χ1n) is 6.47. The minimum atomic E-state index is -0.480. The molecule has 108 valence electrons. The standard InChI is InChI=1S/C14H18N2O4/c1-19-13(17)12-7-11(8-15-12)16-14(18)20-9-10-5-3-2-4-6-10/h2-6,11-12,15H,7-9H2,1H3,(H,16,18)/t11-,12-/m1/s1. The van der Waals surface area contributed by atoms with E-state index in [1.54, 1.807) is 0 Å². The maximum atomic E-state index is 11.6. The number of carbonyl (C=O) groups excluding carboxylic acids is 2. The fourth-order valence-electron chi connectivity index (χ4n) is 2.10. The Bertz CT molecular complexity index is 464. The van der Waals surface area contributed by atoms with E-state index < -0.39 is 6.09 Å². The number of nitrogens with one attached hydrogen (secondary N) is 2. The number of benzene rings is 1. The Morgan fingerprint density at radius 1 is 1.35 bits per heavy atom. The Labute approximate surface area is 117 Å². The highest BCUT2D eigenvalue weighted by Crippen LogP contribution is 2.08. The highest BCUT2D eigenvalue weighted by atomic mass is 16.5. The minimum absolute atomic E-state index is 0.123. The molecule has 1 fully saturated rings. The number of rotatable bonds is 4. The van der Waals surface area contributed by atoms with Crippen LogP contribution >= 0.6 is 0 Å². The van der Waals surface area contributed by atoms with Crippen molar-refractivity contribution in [3.63, 3.8) is 0 Å². The Kier molecular flexibility index (Phi) is 4.95. The minimum Gasteiger partial charge on any atom is -0.468 e. The van der Waals surface area contributed by atoms with E-state index >= 15 is 0 Å². The predicted molar refractivity (Wildman–Crippen MR) is 72.0 cm³/mol. The van der Waals surface area contributed by atoms with Gasteiger partial charge in [0.1, 0.15) is 12.6 Å². The number of alkyl carbamates (subject to hydrolysis) is 1. The van der Waals surface area contributed by atoms with Crippen LogP contribution in [0.25, 0.3) is 0 Å². The zero-order valence-electron chi connectivity index (χ0n) is 11.3. The lowest BCUT2D eigenvalue weighted by Crippen LogP contribution is -2.36. The van der Waals surface area contributed by atoms with E-state index in [2.05, 4.69) is 15.4 Å². The molecular formula is C14H18N2O4. The summed E-state index contributed by atoms with van der Waals surface area (Å²) in [7, 11) is 1.35. The smallest absolute Gasteiger partial charge is 0.407 e. The lowest BCUT2D eigenvalue weighted by molar-refractivity contribution is -0.142. The number of hydrogen-bond acceptors (Lipinski definition) is 5. The van der Waals surface area contributed by atoms with E-state index in [9.17, 15) is 9.59 Å². The van der Waals surface area contributed by atoms with Gasteiger partial charge in [0.25, 0.3) is 0 Å². The molecule has 0 unspecified atom stereocenters. The molecule has 1 aromatic rings. The maximum absolute atomic E-state index is 11.6. The summed E-state index contributed by atoms with van der Waals surface area (Å²) in [5.41, 5.74) is 0.930. The number of methoxy groups -OCH3 is 1. The summed E-state index contributed by atoms with van der Waals surface area (Å²) in [4.78, 5) is 23.0. The summed E-state index contributed by atoms with van der Waals surface area (Å²) in [5, 5.41) is 5.72. The fraction of sp³-hybridized carbons (Fsp3) is 0.429. The molecule has 1 aromatic carbocycles. The van der Waals surface area contributed by atoms with Gasteiger partial charge in [0.2, 0.25) is 0 Å². The third-order valence-electron chi connectivity index (χ3n) is 3.15. The van der Waals surface area contributed by atoms with Crippen molar-refractivity contribution in [1.29, 1.82) is 0 Å². The van der Waals surface area contributed by atoms with E-state index in [-0.39, 0.29) is 24.7 Å². The molecule has 0 radical (unpaired) electrons. The van der Waals surface area contributed by atoms with Crippen LogP contribution in [-0.4, -0.2) is 37.8 Å². The predicted octanol–water partition coefficient (Wildman–Crippen LogP) is 0.816. The average molecular weight is 278 g/mol. The lowest BCUT2D eigenvalue weighted by atomic mass is 10.2. The molecule has 0 aliphatic carbocycles. The quantitative estimate of drug-likeness (QED) is 0.797. The summed E-state index contributed by atoms with van der Waals surface area (Å²) in [6, 6.07) is 8.97. The molecular weight excluding hydrogens is 260 g/mol.